The lowest BCUT2D eigenvalue weighted by Crippen LogP contribution is -2.03. The van der Waals surface area contributed by atoms with E-state index in [2.05, 4.69) is 0 Å². The Kier molecular flexibility index (Phi) is 4.21. The van der Waals surface area contributed by atoms with Crippen LogP contribution >= 0.6 is 0 Å². The Morgan fingerprint density at radius 3 is 1.57 bits per heavy atom. The molecule has 0 aromatic carbocycles. The predicted molar refractivity (Wildman–Crippen MR) is 30.4 cm³/mol. The largest absolute Gasteiger partial charge is 0.381 e. The lowest BCUT2D eigenvalue weighted by Gasteiger charge is -2.08. The van der Waals surface area contributed by atoms with Crippen molar-refractivity contribution in [2.75, 3.05) is 13.2 Å². The van der Waals surface area contributed by atoms with Crippen molar-refractivity contribution in [3.05, 3.63) is 0 Å². The molecule has 0 spiro atoms. The molecule has 3 radical (unpaired) electrons. The molecular formula is C5H10BO. The Labute approximate surface area is 46.6 Å². The van der Waals surface area contributed by atoms with Crippen molar-refractivity contribution in [2.24, 2.45) is 0 Å². The maximum atomic E-state index is 5.07. The minimum Gasteiger partial charge on any atom is -0.381 e. The summed E-state index contributed by atoms with van der Waals surface area (Å²) in [5.41, 5.74) is 0. The zero-order valence-corrected chi connectivity index (χ0v) is 4.52. The van der Waals surface area contributed by atoms with Crippen molar-refractivity contribution < 1.29 is 4.74 Å². The summed E-state index contributed by atoms with van der Waals surface area (Å²) in [6.45, 7) is 2.00. The van der Waals surface area contributed by atoms with Gasteiger partial charge in [-0.3, -0.25) is 0 Å². The summed E-state index contributed by atoms with van der Waals surface area (Å²) < 4.78 is 5.07. The van der Waals surface area contributed by atoms with E-state index in [0.717, 1.165) is 13.2 Å². The van der Waals surface area contributed by atoms with Crippen LogP contribution in [0.1, 0.15) is 19.3 Å². The molecule has 0 aromatic rings. The van der Waals surface area contributed by atoms with Gasteiger partial charge in [0.25, 0.3) is 0 Å². The Bertz CT molecular complexity index is 23.6. The van der Waals surface area contributed by atoms with Gasteiger partial charge in [0.15, 0.2) is 0 Å². The van der Waals surface area contributed by atoms with Crippen LogP contribution in [0.2, 0.25) is 0 Å². The Morgan fingerprint density at radius 1 is 0.857 bits per heavy atom. The summed E-state index contributed by atoms with van der Waals surface area (Å²) in [6.07, 6.45) is 3.93. The minimum absolute atomic E-state index is 0. The lowest BCUT2D eigenvalue weighted by molar-refractivity contribution is 0.0968. The molecule has 2 heteroatoms. The summed E-state index contributed by atoms with van der Waals surface area (Å²) >= 11 is 0. The highest BCUT2D eigenvalue weighted by Crippen LogP contribution is 2.01. The molecule has 1 aliphatic heterocycles. The van der Waals surface area contributed by atoms with Crippen molar-refractivity contribution in [1.82, 2.24) is 0 Å². The first-order valence-electron chi connectivity index (χ1n) is 2.58. The SMILES string of the molecule is C1CCOCC1.[B]. The van der Waals surface area contributed by atoms with Crippen LogP contribution in [0, 0.1) is 0 Å². The number of ether oxygens (including phenoxy) is 1. The minimum atomic E-state index is 0. The summed E-state index contributed by atoms with van der Waals surface area (Å²) in [5, 5.41) is 0. The molecule has 0 amide bonds. The molecule has 39 valence electrons. The first kappa shape index (κ1) is 7.02. The van der Waals surface area contributed by atoms with Crippen molar-refractivity contribution in [3.8, 4) is 0 Å². The monoisotopic (exact) mass is 97.1 g/mol. The summed E-state index contributed by atoms with van der Waals surface area (Å²) in [7, 11) is 0. The Hall–Kier alpha value is 0.0249. The highest BCUT2D eigenvalue weighted by atomic mass is 16.5. The van der Waals surface area contributed by atoms with Gasteiger partial charge in [0.1, 0.15) is 0 Å². The molecule has 0 atom stereocenters. The lowest BCUT2D eigenvalue weighted by atomic mass is 10.2. The topological polar surface area (TPSA) is 9.23 Å². The summed E-state index contributed by atoms with van der Waals surface area (Å²) in [4.78, 5) is 0. The zero-order valence-electron chi connectivity index (χ0n) is 4.52. The average Bonchev–Trinajstić information content (AvgIpc) is 1.72. The van der Waals surface area contributed by atoms with Crippen LogP contribution in [0.5, 0.6) is 0 Å². The molecular weight excluding hydrogens is 86.9 g/mol. The van der Waals surface area contributed by atoms with Gasteiger partial charge in [-0.15, -0.1) is 0 Å². The summed E-state index contributed by atoms with van der Waals surface area (Å²) in [5.74, 6) is 0. The van der Waals surface area contributed by atoms with Gasteiger partial charge < -0.3 is 4.74 Å². The third-order valence-electron chi connectivity index (χ3n) is 1.08. The highest BCUT2D eigenvalue weighted by molar-refractivity contribution is 5.75. The highest BCUT2D eigenvalue weighted by Gasteiger charge is 1.94. The zero-order chi connectivity index (χ0) is 4.24. The van der Waals surface area contributed by atoms with Crippen molar-refractivity contribution >= 4 is 8.41 Å². The molecule has 1 rings (SSSR count). The van der Waals surface area contributed by atoms with Crippen LogP contribution in [0.4, 0.5) is 0 Å². The van der Waals surface area contributed by atoms with Crippen molar-refractivity contribution in [2.45, 2.75) is 19.3 Å². The molecule has 1 heterocycles. The van der Waals surface area contributed by atoms with E-state index < -0.39 is 0 Å². The van der Waals surface area contributed by atoms with Crippen LogP contribution in [-0.4, -0.2) is 21.6 Å². The van der Waals surface area contributed by atoms with E-state index in [1.54, 1.807) is 0 Å². The van der Waals surface area contributed by atoms with Crippen molar-refractivity contribution in [3.63, 3.8) is 0 Å². The number of hydrogen-bond acceptors (Lipinski definition) is 1. The van der Waals surface area contributed by atoms with Crippen LogP contribution in [0.3, 0.4) is 0 Å². The molecule has 0 N–H and O–H groups in total. The molecule has 1 aliphatic rings. The van der Waals surface area contributed by atoms with Crippen LogP contribution in [0.25, 0.3) is 0 Å². The quantitative estimate of drug-likeness (QED) is 0.406. The molecule has 1 fully saturated rings. The van der Waals surface area contributed by atoms with E-state index in [1.807, 2.05) is 0 Å². The van der Waals surface area contributed by atoms with Gasteiger partial charge >= 0.3 is 0 Å². The molecule has 1 saturated heterocycles. The third-order valence-corrected chi connectivity index (χ3v) is 1.08. The maximum absolute atomic E-state index is 5.07. The van der Waals surface area contributed by atoms with Gasteiger partial charge in [-0.2, -0.15) is 0 Å². The molecule has 0 aliphatic carbocycles. The van der Waals surface area contributed by atoms with Gasteiger partial charge in [-0.05, 0) is 19.3 Å². The van der Waals surface area contributed by atoms with Crippen LogP contribution in [0.15, 0.2) is 0 Å². The predicted octanol–water partition coefficient (Wildman–Crippen LogP) is 0.806. The van der Waals surface area contributed by atoms with E-state index >= 15 is 0 Å². The Balaban J connectivity index is 0.000000360. The molecule has 1 nitrogen and oxygen atoms in total. The van der Waals surface area contributed by atoms with Crippen molar-refractivity contribution in [1.29, 1.82) is 0 Å². The molecule has 0 unspecified atom stereocenters. The van der Waals surface area contributed by atoms with Gasteiger partial charge in [0, 0.05) is 21.6 Å². The van der Waals surface area contributed by atoms with Gasteiger partial charge in [0.2, 0.25) is 0 Å². The first-order valence-corrected chi connectivity index (χ1v) is 2.58. The van der Waals surface area contributed by atoms with E-state index in [0.29, 0.717) is 0 Å². The molecule has 0 aromatic heterocycles. The number of hydrogen-bond donors (Lipinski definition) is 0. The summed E-state index contributed by atoms with van der Waals surface area (Å²) in [6, 6.07) is 0. The van der Waals surface area contributed by atoms with E-state index in [9.17, 15) is 0 Å². The van der Waals surface area contributed by atoms with E-state index in [-0.39, 0.29) is 8.41 Å². The second kappa shape index (κ2) is 4.19. The fourth-order valence-corrected chi connectivity index (χ4v) is 0.687. The fraction of sp³-hybridized carbons (Fsp3) is 1.00. The van der Waals surface area contributed by atoms with E-state index in [4.69, 9.17) is 4.74 Å². The standard InChI is InChI=1S/C5H10O.B/c1-2-4-6-5-3-1;/h1-5H2;. The normalized spacial score (nSPS) is 20.6. The van der Waals surface area contributed by atoms with Gasteiger partial charge in [0.05, 0.1) is 0 Å². The molecule has 0 bridgehead atoms. The molecule has 7 heavy (non-hydrogen) atoms. The fourth-order valence-electron chi connectivity index (χ4n) is 0.687. The molecule has 0 saturated carbocycles. The van der Waals surface area contributed by atoms with Gasteiger partial charge in [-0.25, -0.2) is 0 Å². The first-order chi connectivity index (χ1) is 3.00. The maximum Gasteiger partial charge on any atom is 0.0466 e. The smallest absolute Gasteiger partial charge is 0.0466 e. The average molecular weight is 96.9 g/mol. The second-order valence-electron chi connectivity index (χ2n) is 1.67. The van der Waals surface area contributed by atoms with Crippen LogP contribution < -0.4 is 0 Å². The number of rotatable bonds is 0. The Morgan fingerprint density at radius 2 is 1.43 bits per heavy atom. The van der Waals surface area contributed by atoms with E-state index in [1.165, 1.54) is 19.3 Å². The third kappa shape index (κ3) is 2.69. The second-order valence-corrected chi connectivity index (χ2v) is 1.67. The van der Waals surface area contributed by atoms with Crippen LogP contribution in [-0.2, 0) is 4.74 Å². The van der Waals surface area contributed by atoms with Gasteiger partial charge in [-0.1, -0.05) is 0 Å².